The van der Waals surface area contributed by atoms with Gasteiger partial charge in [-0.3, -0.25) is 0 Å². The summed E-state index contributed by atoms with van der Waals surface area (Å²) in [6.07, 6.45) is 7.97. The number of fused-ring (bicyclic) bond motifs is 2. The Balaban J connectivity index is 1.78. The number of hydrogen-bond acceptors (Lipinski definition) is 2. The first-order chi connectivity index (χ1) is 13.7. The zero-order valence-electron chi connectivity index (χ0n) is 18.9. The lowest BCUT2D eigenvalue weighted by atomic mass is 9.80. The lowest BCUT2D eigenvalue weighted by Gasteiger charge is -2.35. The molecule has 5 heteroatoms. The van der Waals surface area contributed by atoms with E-state index < -0.39 is 8.32 Å². The normalized spacial score (nSPS) is 27.6. The minimum absolute atomic E-state index is 0.0206. The van der Waals surface area contributed by atoms with E-state index in [0.29, 0.717) is 0 Å². The number of hydrogen-bond donors (Lipinski definition) is 0. The lowest BCUT2D eigenvalue weighted by molar-refractivity contribution is -0.0441. The van der Waals surface area contributed by atoms with E-state index in [1.165, 1.54) is 25.7 Å². The van der Waals surface area contributed by atoms with Crippen molar-refractivity contribution in [3.8, 4) is 0 Å². The minimum atomic E-state index is -1.78. The standard InChI is InChI=1S/C24H38Cl2O2Si/c1-6-29(7-2,8-3)27-21(22-19(25)16-18(4)17-20(22)26)10-9-11-24-14-12-23(5,28-24)13-15-24/h16-17,21H,6-15H2,1-5H3. The third-order valence-corrected chi connectivity index (χ3v) is 12.9. The summed E-state index contributed by atoms with van der Waals surface area (Å²) in [6.45, 7) is 11.1. The molecular formula is C24H38Cl2O2Si. The fourth-order valence-corrected chi connectivity index (χ4v) is 9.13. The van der Waals surface area contributed by atoms with Gasteiger partial charge in [-0.25, -0.2) is 0 Å². The van der Waals surface area contributed by atoms with Crippen molar-refractivity contribution >= 4 is 31.5 Å². The number of ether oxygens (including phenoxy) is 1. The van der Waals surface area contributed by atoms with Crippen LogP contribution in [0.1, 0.15) is 89.9 Å². The van der Waals surface area contributed by atoms with Crippen molar-refractivity contribution in [1.82, 2.24) is 0 Å². The molecule has 0 radical (unpaired) electrons. The molecule has 0 spiro atoms. The molecule has 1 aromatic rings. The van der Waals surface area contributed by atoms with Crippen molar-refractivity contribution in [3.05, 3.63) is 33.3 Å². The first-order valence-electron chi connectivity index (χ1n) is 11.5. The van der Waals surface area contributed by atoms with Crippen molar-refractivity contribution in [2.45, 2.75) is 115 Å². The summed E-state index contributed by atoms with van der Waals surface area (Å²) in [5.74, 6) is 0. The molecule has 2 aliphatic rings. The van der Waals surface area contributed by atoms with Gasteiger partial charge in [-0.15, -0.1) is 0 Å². The average Bonchev–Trinajstić information content (AvgIpc) is 3.18. The number of aryl methyl sites for hydroxylation is 1. The Labute approximate surface area is 188 Å². The maximum absolute atomic E-state index is 6.96. The Hall–Kier alpha value is -0.0631. The Morgan fingerprint density at radius 2 is 1.59 bits per heavy atom. The Morgan fingerprint density at radius 3 is 2.03 bits per heavy atom. The summed E-state index contributed by atoms with van der Waals surface area (Å²) in [4.78, 5) is 0. The quantitative estimate of drug-likeness (QED) is 0.327. The van der Waals surface area contributed by atoms with Gasteiger partial charge in [0.25, 0.3) is 0 Å². The molecule has 0 amide bonds. The Kier molecular flexibility index (Phi) is 7.49. The highest BCUT2D eigenvalue weighted by molar-refractivity contribution is 6.73. The third-order valence-electron chi connectivity index (χ3n) is 7.65. The van der Waals surface area contributed by atoms with Crippen molar-refractivity contribution in [1.29, 1.82) is 0 Å². The monoisotopic (exact) mass is 456 g/mol. The van der Waals surface area contributed by atoms with Gasteiger partial charge in [0.05, 0.1) is 17.3 Å². The average molecular weight is 458 g/mol. The first kappa shape index (κ1) is 23.6. The molecule has 0 aromatic heterocycles. The molecule has 0 N–H and O–H groups in total. The second-order valence-corrected chi connectivity index (χ2v) is 15.2. The fourth-order valence-electron chi connectivity index (χ4n) is 5.45. The van der Waals surface area contributed by atoms with Crippen LogP contribution in [0.5, 0.6) is 0 Å². The topological polar surface area (TPSA) is 18.5 Å². The minimum Gasteiger partial charge on any atom is -0.410 e. The van der Waals surface area contributed by atoms with Gasteiger partial charge in [0.2, 0.25) is 0 Å². The van der Waals surface area contributed by atoms with Crippen LogP contribution in [0.4, 0.5) is 0 Å². The summed E-state index contributed by atoms with van der Waals surface area (Å²) < 4.78 is 13.4. The van der Waals surface area contributed by atoms with E-state index >= 15 is 0 Å². The molecule has 2 aliphatic heterocycles. The van der Waals surface area contributed by atoms with E-state index in [4.69, 9.17) is 32.4 Å². The molecular weight excluding hydrogens is 419 g/mol. The highest BCUT2D eigenvalue weighted by Crippen LogP contribution is 2.53. The SMILES string of the molecule is CC[Si](CC)(CC)OC(CCCC12CCC(C)(CC1)O2)c1c(Cl)cc(C)cc1Cl. The molecule has 2 fully saturated rings. The summed E-state index contributed by atoms with van der Waals surface area (Å²) in [5, 5.41) is 1.49. The number of benzene rings is 1. The van der Waals surface area contributed by atoms with Gasteiger partial charge in [0, 0.05) is 15.6 Å². The number of halogens is 2. The van der Waals surface area contributed by atoms with Gasteiger partial charge in [0.1, 0.15) is 0 Å². The Bertz CT molecular complexity index is 678. The van der Waals surface area contributed by atoms with Crippen molar-refractivity contribution < 1.29 is 9.16 Å². The molecule has 29 heavy (non-hydrogen) atoms. The maximum Gasteiger partial charge on any atom is 0.192 e. The van der Waals surface area contributed by atoms with Crippen LogP contribution < -0.4 is 0 Å². The van der Waals surface area contributed by atoms with E-state index in [9.17, 15) is 0 Å². The molecule has 2 nitrogen and oxygen atoms in total. The molecule has 0 saturated carbocycles. The molecule has 2 saturated heterocycles. The zero-order chi connectivity index (χ0) is 21.3. The first-order valence-corrected chi connectivity index (χ1v) is 14.8. The van der Waals surface area contributed by atoms with E-state index in [-0.39, 0.29) is 17.3 Å². The smallest absolute Gasteiger partial charge is 0.192 e. The van der Waals surface area contributed by atoms with Gasteiger partial charge in [-0.1, -0.05) is 44.0 Å². The molecule has 2 bridgehead atoms. The second-order valence-electron chi connectivity index (χ2n) is 9.62. The molecule has 3 rings (SSSR count). The van der Waals surface area contributed by atoms with Crippen LogP contribution in [0.15, 0.2) is 12.1 Å². The molecule has 0 aliphatic carbocycles. The lowest BCUT2D eigenvalue weighted by Crippen LogP contribution is -2.37. The van der Waals surface area contributed by atoms with Crippen LogP contribution in [0.3, 0.4) is 0 Å². The third kappa shape index (κ3) is 5.06. The predicted octanol–water partition coefficient (Wildman–Crippen LogP) is 8.64. The van der Waals surface area contributed by atoms with Crippen molar-refractivity contribution in [2.24, 2.45) is 0 Å². The van der Waals surface area contributed by atoms with Crippen LogP contribution in [0, 0.1) is 6.92 Å². The molecule has 164 valence electrons. The van der Waals surface area contributed by atoms with E-state index in [1.807, 2.05) is 19.1 Å². The van der Waals surface area contributed by atoms with Gasteiger partial charge >= 0.3 is 0 Å². The van der Waals surface area contributed by atoms with E-state index in [2.05, 4.69) is 27.7 Å². The summed E-state index contributed by atoms with van der Waals surface area (Å²) >= 11 is 13.4. The molecule has 1 aromatic carbocycles. The summed E-state index contributed by atoms with van der Waals surface area (Å²) in [7, 11) is -1.78. The summed E-state index contributed by atoms with van der Waals surface area (Å²) in [6, 6.07) is 7.43. The van der Waals surface area contributed by atoms with Gasteiger partial charge in [-0.05, 0) is 94.6 Å². The largest absolute Gasteiger partial charge is 0.410 e. The van der Waals surface area contributed by atoms with Crippen molar-refractivity contribution in [2.75, 3.05) is 0 Å². The van der Waals surface area contributed by atoms with E-state index in [0.717, 1.165) is 58.6 Å². The molecule has 2 heterocycles. The summed E-state index contributed by atoms with van der Waals surface area (Å²) in [5.41, 5.74) is 2.33. The second kappa shape index (κ2) is 9.20. The molecule has 1 unspecified atom stereocenters. The Morgan fingerprint density at radius 1 is 1.03 bits per heavy atom. The van der Waals surface area contributed by atoms with Gasteiger partial charge in [-0.2, -0.15) is 0 Å². The van der Waals surface area contributed by atoms with Crippen LogP contribution >= 0.6 is 23.2 Å². The van der Waals surface area contributed by atoms with Crippen LogP contribution in [-0.4, -0.2) is 19.5 Å². The number of rotatable bonds is 10. The maximum atomic E-state index is 6.96. The predicted molar refractivity (Wildman–Crippen MR) is 127 cm³/mol. The zero-order valence-corrected chi connectivity index (χ0v) is 21.4. The van der Waals surface area contributed by atoms with Crippen LogP contribution in [-0.2, 0) is 9.16 Å². The highest BCUT2D eigenvalue weighted by Gasteiger charge is 2.52. The fraction of sp³-hybridized carbons (Fsp3) is 0.750. The van der Waals surface area contributed by atoms with Gasteiger partial charge in [0.15, 0.2) is 8.32 Å². The molecule has 1 atom stereocenters. The van der Waals surface area contributed by atoms with Gasteiger partial charge < -0.3 is 9.16 Å². The van der Waals surface area contributed by atoms with Crippen LogP contribution in [0.2, 0.25) is 28.2 Å². The van der Waals surface area contributed by atoms with Crippen LogP contribution in [0.25, 0.3) is 0 Å². The highest BCUT2D eigenvalue weighted by atomic mass is 35.5. The van der Waals surface area contributed by atoms with E-state index in [1.54, 1.807) is 0 Å². The van der Waals surface area contributed by atoms with Crippen molar-refractivity contribution in [3.63, 3.8) is 0 Å².